The van der Waals surface area contributed by atoms with Crippen LogP contribution in [0.1, 0.15) is 18.1 Å². The van der Waals surface area contributed by atoms with Gasteiger partial charge in [-0.1, -0.05) is 18.2 Å². The summed E-state index contributed by atoms with van der Waals surface area (Å²) in [6, 6.07) is 12.2. The van der Waals surface area contributed by atoms with E-state index in [1.54, 1.807) is 7.11 Å². The van der Waals surface area contributed by atoms with Crippen LogP contribution in [0.5, 0.6) is 17.2 Å². The van der Waals surface area contributed by atoms with Gasteiger partial charge in [-0.3, -0.25) is 4.79 Å². The Morgan fingerprint density at radius 2 is 1.42 bits per heavy atom. The standard InChI is InChI=1S/C20H23NO5.3CO.BF4.Mn/c1-13-18(24-3)9-6-10-19(13)26-16-8-5-7-15(11-16)12-17(20(23)25-4)21-14(2)22;3*1-2;2-1(3,4)5;/h5-11,17H,12H2,1-4H3,(H,21,22);;;;;/q;;;;-1;/t17-;;;;;/m0...../s1. The summed E-state index contributed by atoms with van der Waals surface area (Å²) in [5.41, 5.74) is 1.73. The van der Waals surface area contributed by atoms with Gasteiger partial charge >= 0.3 is 47.1 Å². The molecule has 0 aromatic heterocycles. The first-order chi connectivity index (χ1) is 17.4. The van der Waals surface area contributed by atoms with Crippen molar-refractivity contribution in [3.63, 3.8) is 0 Å². The zero-order valence-corrected chi connectivity index (χ0v) is 21.7. The molecule has 2 rings (SSSR count). The summed E-state index contributed by atoms with van der Waals surface area (Å²) in [5.74, 6) is 1.28. The van der Waals surface area contributed by atoms with E-state index in [2.05, 4.69) is 25.3 Å². The minimum Gasteiger partial charge on any atom is 0 e. The van der Waals surface area contributed by atoms with Gasteiger partial charge in [-0.15, -0.1) is 0 Å². The summed E-state index contributed by atoms with van der Waals surface area (Å²) in [6.45, 7) is 16.8. The van der Waals surface area contributed by atoms with E-state index in [9.17, 15) is 26.9 Å². The Morgan fingerprint density at radius 1 is 0.947 bits per heavy atom. The van der Waals surface area contributed by atoms with Crippen molar-refractivity contribution in [2.75, 3.05) is 14.2 Å². The molecule has 0 spiro atoms. The van der Waals surface area contributed by atoms with Gasteiger partial charge in [0.1, 0.15) is 23.3 Å². The maximum absolute atomic E-state index is 11.9. The first-order valence-electron chi connectivity index (χ1n) is 9.68. The molecule has 0 saturated carbocycles. The number of nitrogens with one attached hydrogen (secondary N) is 1. The Hall–Kier alpha value is -3.50. The molecule has 2 aromatic rings. The van der Waals surface area contributed by atoms with Crippen molar-refractivity contribution in [3.05, 3.63) is 73.5 Å². The number of methoxy groups -OCH3 is 2. The first-order valence-corrected chi connectivity index (χ1v) is 9.68. The van der Waals surface area contributed by atoms with Crippen molar-refractivity contribution in [1.29, 1.82) is 0 Å². The fraction of sp³-hybridized carbons (Fsp3) is 0.261. The van der Waals surface area contributed by atoms with Crippen molar-refractivity contribution in [2.24, 2.45) is 0 Å². The van der Waals surface area contributed by atoms with E-state index in [-0.39, 0.29) is 23.0 Å². The summed E-state index contributed by atoms with van der Waals surface area (Å²) < 4.78 is 77.5. The van der Waals surface area contributed by atoms with E-state index < -0.39 is 19.3 Å². The molecule has 1 atom stereocenters. The van der Waals surface area contributed by atoms with Crippen molar-refractivity contribution in [1.82, 2.24) is 5.32 Å². The fourth-order valence-corrected chi connectivity index (χ4v) is 2.61. The molecule has 9 nitrogen and oxygen atoms in total. The molecule has 0 saturated heterocycles. The molecule has 2 aromatic carbocycles. The third kappa shape index (κ3) is 19.7. The molecule has 15 heteroatoms. The average Bonchev–Trinajstić information content (AvgIpc) is 2.87. The van der Waals surface area contributed by atoms with Crippen LogP contribution >= 0.6 is 0 Å². The topological polar surface area (TPSA) is 134 Å². The molecule has 1 radical (unpaired) electrons. The van der Waals surface area contributed by atoms with Gasteiger partial charge in [0, 0.05) is 36.0 Å². The van der Waals surface area contributed by atoms with Crippen molar-refractivity contribution >= 4 is 19.1 Å². The second kappa shape index (κ2) is 23.9. The minimum absolute atomic E-state index is 0. The van der Waals surface area contributed by atoms with E-state index in [0.29, 0.717) is 17.9 Å². The third-order valence-electron chi connectivity index (χ3n) is 3.88. The van der Waals surface area contributed by atoms with E-state index >= 15 is 0 Å². The number of rotatable bonds is 7. The Morgan fingerprint density at radius 3 is 1.87 bits per heavy atom. The average molecular weight is 583 g/mol. The second-order valence-electron chi connectivity index (χ2n) is 6.31. The molecule has 0 heterocycles. The number of carbonyl (C=O) groups is 2. The first kappa shape index (κ1) is 41.6. The fourth-order valence-electron chi connectivity index (χ4n) is 2.61. The van der Waals surface area contributed by atoms with Crippen LogP contribution in [0.15, 0.2) is 42.5 Å². The zero-order chi connectivity index (χ0) is 29.6. The van der Waals surface area contributed by atoms with Crippen LogP contribution in [0, 0.1) is 26.9 Å². The number of halogens is 4. The van der Waals surface area contributed by atoms with Crippen LogP contribution in [0.25, 0.3) is 0 Å². The molecule has 207 valence electrons. The van der Waals surface area contributed by atoms with E-state index in [1.807, 2.05) is 49.4 Å². The van der Waals surface area contributed by atoms with Crippen LogP contribution in [-0.4, -0.2) is 39.4 Å². The predicted molar refractivity (Wildman–Crippen MR) is 120 cm³/mol. The van der Waals surface area contributed by atoms with Crippen LogP contribution in [-0.2, 0) is 51.8 Å². The minimum atomic E-state index is -6.00. The van der Waals surface area contributed by atoms with Crippen LogP contribution in [0.4, 0.5) is 17.3 Å². The van der Waals surface area contributed by atoms with Gasteiger partial charge in [-0.2, -0.15) is 0 Å². The quantitative estimate of drug-likeness (QED) is 0.172. The van der Waals surface area contributed by atoms with Gasteiger partial charge < -0.3 is 36.8 Å². The van der Waals surface area contributed by atoms with E-state index in [4.69, 9.17) is 28.2 Å². The van der Waals surface area contributed by atoms with Gasteiger partial charge in [0.25, 0.3) is 0 Å². The Kier molecular flexibility index (Phi) is 26.2. The Labute approximate surface area is 227 Å². The molecular formula is C23H23BF4MnNO8-. The van der Waals surface area contributed by atoms with Gasteiger partial charge in [-0.05, 0) is 36.8 Å². The smallest absolute Gasteiger partial charge is 0 e. The summed E-state index contributed by atoms with van der Waals surface area (Å²) >= 11 is 0. The maximum Gasteiger partial charge on any atom is 0 e. The monoisotopic (exact) mass is 583 g/mol. The SMILES string of the molecule is COC(=O)[C@H](Cc1cccc(Oc2cccc(OC)c2C)c1)NC(C)=O.F[B-](F)(F)F.[C-]#[O+].[C-]#[O+].[C-]#[O+].[Mn]. The zero-order valence-electron chi connectivity index (χ0n) is 20.6. The number of esters is 1. The number of ether oxygens (including phenoxy) is 3. The second-order valence-corrected chi connectivity index (χ2v) is 6.31. The van der Waals surface area contributed by atoms with Crippen molar-refractivity contribution in [3.8, 4) is 17.2 Å². The van der Waals surface area contributed by atoms with Crippen LogP contribution in [0.2, 0.25) is 0 Å². The molecule has 0 aliphatic rings. The number of benzene rings is 2. The van der Waals surface area contributed by atoms with Crippen LogP contribution < -0.4 is 14.8 Å². The van der Waals surface area contributed by atoms with E-state index in [0.717, 1.165) is 16.9 Å². The van der Waals surface area contributed by atoms with Gasteiger partial charge in [0.2, 0.25) is 5.91 Å². The molecule has 38 heavy (non-hydrogen) atoms. The van der Waals surface area contributed by atoms with Gasteiger partial charge in [0.15, 0.2) is 0 Å². The molecule has 0 fully saturated rings. The number of amides is 1. The maximum atomic E-state index is 11.9. The summed E-state index contributed by atoms with van der Waals surface area (Å²) in [4.78, 5) is 23.2. The number of carbonyl (C=O) groups excluding carboxylic acids is 2. The molecule has 1 amide bonds. The molecule has 1 N–H and O–H groups in total. The summed E-state index contributed by atoms with van der Waals surface area (Å²) in [6.07, 6.45) is 0.306. The largest absolute Gasteiger partial charge is 0 e. The van der Waals surface area contributed by atoms with Gasteiger partial charge in [-0.25, -0.2) is 4.79 Å². The Bertz CT molecular complexity index is 1010. The summed E-state index contributed by atoms with van der Waals surface area (Å²) in [5, 5.41) is 2.60. The van der Waals surface area contributed by atoms with Crippen molar-refractivity contribution in [2.45, 2.75) is 26.3 Å². The van der Waals surface area contributed by atoms with Crippen molar-refractivity contribution < 1.29 is 72.1 Å². The predicted octanol–water partition coefficient (Wildman–Crippen LogP) is 4.20. The summed E-state index contributed by atoms with van der Waals surface area (Å²) in [7, 11) is -3.09. The van der Waals surface area contributed by atoms with Gasteiger partial charge in [0.05, 0.1) is 14.2 Å². The number of hydrogen-bond acceptors (Lipinski definition) is 5. The van der Waals surface area contributed by atoms with Crippen LogP contribution in [0.3, 0.4) is 0 Å². The Balaban J connectivity index is -0.000000417. The third-order valence-corrected chi connectivity index (χ3v) is 3.88. The van der Waals surface area contributed by atoms with E-state index in [1.165, 1.54) is 14.0 Å². The normalized spacial score (nSPS) is 9.53. The molecule has 0 unspecified atom stereocenters. The molecule has 0 bridgehead atoms. The molecule has 0 aliphatic carbocycles. The molecule has 0 aliphatic heterocycles. The molecular weight excluding hydrogens is 560 g/mol. The number of hydrogen-bond donors (Lipinski definition) is 1.